The van der Waals surface area contributed by atoms with Crippen molar-refractivity contribution in [2.45, 2.75) is 46.6 Å². The maximum Gasteiger partial charge on any atom is 0.333 e. The number of carbonyl (C=O) groups excluding carboxylic acids is 1. The van der Waals surface area contributed by atoms with E-state index in [9.17, 15) is 4.79 Å². The van der Waals surface area contributed by atoms with E-state index in [4.69, 9.17) is 4.74 Å². The molecule has 0 bridgehead atoms. The van der Waals surface area contributed by atoms with Crippen LogP contribution >= 0.6 is 0 Å². The summed E-state index contributed by atoms with van der Waals surface area (Å²) in [6.45, 7) is 11.5. The van der Waals surface area contributed by atoms with Crippen molar-refractivity contribution in [1.29, 1.82) is 0 Å². The van der Waals surface area contributed by atoms with E-state index >= 15 is 0 Å². The Balaban J connectivity index is 3.97. The van der Waals surface area contributed by atoms with Crippen molar-refractivity contribution in [3.05, 3.63) is 12.2 Å². The molecule has 1 unspecified atom stereocenters. The molecular weight excluding hydrogens is 164 g/mol. The third kappa shape index (κ3) is 5.45. The SMILES string of the molecule is C=C(C)C(=O)OC(CC)CC(C)C. The van der Waals surface area contributed by atoms with Crippen LogP contribution in [0.2, 0.25) is 0 Å². The molecule has 2 heteroatoms. The number of carbonyl (C=O) groups is 1. The monoisotopic (exact) mass is 184 g/mol. The van der Waals surface area contributed by atoms with Crippen molar-refractivity contribution in [2.24, 2.45) is 5.92 Å². The van der Waals surface area contributed by atoms with Gasteiger partial charge in [-0.05, 0) is 25.7 Å². The Morgan fingerprint density at radius 3 is 2.31 bits per heavy atom. The minimum Gasteiger partial charge on any atom is -0.459 e. The molecule has 0 aromatic rings. The highest BCUT2D eigenvalue weighted by molar-refractivity contribution is 5.87. The molecule has 0 spiro atoms. The van der Waals surface area contributed by atoms with E-state index in [-0.39, 0.29) is 12.1 Å². The first-order valence-electron chi connectivity index (χ1n) is 4.83. The van der Waals surface area contributed by atoms with Gasteiger partial charge in [0.2, 0.25) is 0 Å². The predicted molar refractivity (Wildman–Crippen MR) is 54.4 cm³/mol. The van der Waals surface area contributed by atoms with Crippen LogP contribution in [0.15, 0.2) is 12.2 Å². The number of hydrogen-bond donors (Lipinski definition) is 0. The van der Waals surface area contributed by atoms with Crippen LogP contribution < -0.4 is 0 Å². The first-order chi connectivity index (χ1) is 5.97. The summed E-state index contributed by atoms with van der Waals surface area (Å²) >= 11 is 0. The maximum absolute atomic E-state index is 11.2. The van der Waals surface area contributed by atoms with Crippen molar-refractivity contribution < 1.29 is 9.53 Å². The van der Waals surface area contributed by atoms with Crippen molar-refractivity contribution in [3.8, 4) is 0 Å². The van der Waals surface area contributed by atoms with Crippen LogP contribution in [0.3, 0.4) is 0 Å². The Kier molecular flexibility index (Phi) is 5.44. The van der Waals surface area contributed by atoms with Crippen LogP contribution in [-0.2, 0) is 9.53 Å². The van der Waals surface area contributed by atoms with Crippen molar-refractivity contribution in [3.63, 3.8) is 0 Å². The molecule has 0 saturated heterocycles. The van der Waals surface area contributed by atoms with E-state index in [1.165, 1.54) is 0 Å². The number of rotatable bonds is 5. The van der Waals surface area contributed by atoms with E-state index in [1.807, 2.05) is 6.92 Å². The fourth-order valence-electron chi connectivity index (χ4n) is 1.08. The number of hydrogen-bond acceptors (Lipinski definition) is 2. The zero-order valence-electron chi connectivity index (χ0n) is 9.09. The second-order valence-corrected chi connectivity index (χ2v) is 3.85. The summed E-state index contributed by atoms with van der Waals surface area (Å²) in [4.78, 5) is 11.2. The van der Waals surface area contributed by atoms with Gasteiger partial charge in [0.05, 0.1) is 0 Å². The Morgan fingerprint density at radius 1 is 1.46 bits per heavy atom. The van der Waals surface area contributed by atoms with E-state index in [2.05, 4.69) is 20.4 Å². The normalized spacial score (nSPS) is 12.7. The average Bonchev–Trinajstić information content (AvgIpc) is 2.02. The molecule has 0 N–H and O–H groups in total. The van der Waals surface area contributed by atoms with Gasteiger partial charge in [-0.15, -0.1) is 0 Å². The molecule has 0 aromatic carbocycles. The van der Waals surface area contributed by atoms with Crippen LogP contribution in [0.1, 0.15) is 40.5 Å². The van der Waals surface area contributed by atoms with Gasteiger partial charge in [0.1, 0.15) is 6.10 Å². The lowest BCUT2D eigenvalue weighted by Gasteiger charge is -2.17. The lowest BCUT2D eigenvalue weighted by Crippen LogP contribution is -2.19. The van der Waals surface area contributed by atoms with Crippen molar-refractivity contribution in [1.82, 2.24) is 0 Å². The molecule has 0 amide bonds. The fourth-order valence-corrected chi connectivity index (χ4v) is 1.08. The molecule has 0 fully saturated rings. The Morgan fingerprint density at radius 2 is 2.00 bits per heavy atom. The zero-order valence-corrected chi connectivity index (χ0v) is 9.09. The van der Waals surface area contributed by atoms with Gasteiger partial charge in [0.25, 0.3) is 0 Å². The van der Waals surface area contributed by atoms with Gasteiger partial charge < -0.3 is 4.74 Å². The third-order valence-electron chi connectivity index (χ3n) is 1.81. The standard InChI is InChI=1S/C11H20O2/c1-6-10(7-8(2)3)13-11(12)9(4)5/h8,10H,4,6-7H2,1-3,5H3. The molecule has 0 radical (unpaired) electrons. The quantitative estimate of drug-likeness (QED) is 0.485. The molecular formula is C11H20O2. The molecule has 0 aliphatic rings. The van der Waals surface area contributed by atoms with Crippen LogP contribution in [0, 0.1) is 5.92 Å². The highest BCUT2D eigenvalue weighted by atomic mass is 16.5. The van der Waals surface area contributed by atoms with Crippen LogP contribution in [0.25, 0.3) is 0 Å². The van der Waals surface area contributed by atoms with E-state index in [0.717, 1.165) is 12.8 Å². The van der Waals surface area contributed by atoms with Gasteiger partial charge >= 0.3 is 5.97 Å². The fraction of sp³-hybridized carbons (Fsp3) is 0.727. The van der Waals surface area contributed by atoms with Gasteiger partial charge in [-0.25, -0.2) is 4.79 Å². The Bertz CT molecular complexity index is 183. The highest BCUT2D eigenvalue weighted by Crippen LogP contribution is 2.12. The average molecular weight is 184 g/mol. The lowest BCUT2D eigenvalue weighted by atomic mass is 10.0. The first-order valence-corrected chi connectivity index (χ1v) is 4.83. The van der Waals surface area contributed by atoms with Crippen LogP contribution in [-0.4, -0.2) is 12.1 Å². The van der Waals surface area contributed by atoms with Crippen molar-refractivity contribution in [2.75, 3.05) is 0 Å². The topological polar surface area (TPSA) is 26.3 Å². The smallest absolute Gasteiger partial charge is 0.333 e. The molecule has 0 aromatic heterocycles. The minimum atomic E-state index is -0.271. The summed E-state index contributed by atoms with van der Waals surface area (Å²) in [5.41, 5.74) is 0.474. The molecule has 13 heavy (non-hydrogen) atoms. The van der Waals surface area contributed by atoms with Gasteiger partial charge in [-0.1, -0.05) is 27.4 Å². The molecule has 0 saturated carbocycles. The van der Waals surface area contributed by atoms with Gasteiger partial charge in [0.15, 0.2) is 0 Å². The van der Waals surface area contributed by atoms with Gasteiger partial charge in [-0.2, -0.15) is 0 Å². The minimum absolute atomic E-state index is 0.0456. The molecule has 76 valence electrons. The van der Waals surface area contributed by atoms with Crippen LogP contribution in [0.4, 0.5) is 0 Å². The van der Waals surface area contributed by atoms with Gasteiger partial charge in [-0.3, -0.25) is 0 Å². The molecule has 0 heterocycles. The summed E-state index contributed by atoms with van der Waals surface area (Å²) < 4.78 is 5.23. The second-order valence-electron chi connectivity index (χ2n) is 3.85. The first kappa shape index (κ1) is 12.2. The summed E-state index contributed by atoms with van der Waals surface area (Å²) in [6.07, 6.45) is 1.84. The lowest BCUT2D eigenvalue weighted by molar-refractivity contribution is -0.145. The molecule has 0 aliphatic carbocycles. The largest absolute Gasteiger partial charge is 0.459 e. The highest BCUT2D eigenvalue weighted by Gasteiger charge is 2.14. The van der Waals surface area contributed by atoms with E-state index in [0.29, 0.717) is 11.5 Å². The number of esters is 1. The molecule has 0 rings (SSSR count). The number of ether oxygens (including phenoxy) is 1. The molecule has 1 atom stereocenters. The maximum atomic E-state index is 11.2. The molecule has 2 nitrogen and oxygen atoms in total. The zero-order chi connectivity index (χ0) is 10.4. The third-order valence-corrected chi connectivity index (χ3v) is 1.81. The summed E-state index contributed by atoms with van der Waals surface area (Å²) in [7, 11) is 0. The van der Waals surface area contributed by atoms with E-state index < -0.39 is 0 Å². The molecule has 0 aliphatic heterocycles. The summed E-state index contributed by atoms with van der Waals surface area (Å²) in [5, 5.41) is 0. The Hall–Kier alpha value is -0.790. The van der Waals surface area contributed by atoms with Crippen molar-refractivity contribution >= 4 is 5.97 Å². The second kappa shape index (κ2) is 5.79. The van der Waals surface area contributed by atoms with Gasteiger partial charge in [0, 0.05) is 5.57 Å². The predicted octanol–water partition coefficient (Wildman–Crippen LogP) is 2.93. The van der Waals surface area contributed by atoms with E-state index in [1.54, 1.807) is 6.92 Å². The Labute approximate surface area is 81.0 Å². The van der Waals surface area contributed by atoms with Crippen LogP contribution in [0.5, 0.6) is 0 Å². The summed E-state index contributed by atoms with van der Waals surface area (Å²) in [5.74, 6) is 0.287. The summed E-state index contributed by atoms with van der Waals surface area (Å²) in [6, 6.07) is 0.